The molecule has 2 heterocycles. The molecule has 1 saturated carbocycles. The lowest BCUT2D eigenvalue weighted by Gasteiger charge is -2.72. The number of aliphatic hydroxyl groups excluding tert-OH is 1. The molecule has 4 unspecified atom stereocenters. The number of ether oxygens (including phenoxy) is 1. The lowest BCUT2D eigenvalue weighted by atomic mass is 9.37. The molecule has 2 aliphatic heterocycles. The fourth-order valence-corrected chi connectivity index (χ4v) is 6.57. The van der Waals surface area contributed by atoms with Crippen molar-refractivity contribution in [1.29, 1.82) is 0 Å². The summed E-state index contributed by atoms with van der Waals surface area (Å²) in [5, 5.41) is 20.8. The van der Waals surface area contributed by atoms with Crippen LogP contribution >= 0.6 is 0 Å². The van der Waals surface area contributed by atoms with Crippen molar-refractivity contribution >= 4 is 0 Å². The molecule has 4 aliphatic carbocycles. The first-order chi connectivity index (χ1) is 10.6. The third kappa shape index (κ3) is 0.941. The van der Waals surface area contributed by atoms with Gasteiger partial charge in [-0.25, -0.2) is 0 Å². The predicted molar refractivity (Wildman–Crippen MR) is 80.0 cm³/mol. The molecule has 4 heteroatoms. The van der Waals surface area contributed by atoms with Crippen LogP contribution in [0.2, 0.25) is 0 Å². The minimum absolute atomic E-state index is 0.117. The van der Waals surface area contributed by atoms with Gasteiger partial charge in [0.2, 0.25) is 0 Å². The van der Waals surface area contributed by atoms with E-state index >= 15 is 0 Å². The Labute approximate surface area is 129 Å². The molecule has 1 aromatic carbocycles. The maximum Gasteiger partial charge on any atom is 0.165 e. The monoisotopic (exact) mass is 297 g/mol. The Morgan fingerprint density at radius 1 is 1.32 bits per heavy atom. The van der Waals surface area contributed by atoms with E-state index in [-0.39, 0.29) is 17.3 Å². The molecule has 0 aromatic heterocycles. The molecular formula is C18H19NO3. The largest absolute Gasteiger partial charge is 0.504 e. The fourth-order valence-electron chi connectivity index (χ4n) is 6.57. The quantitative estimate of drug-likeness (QED) is 0.707. The number of allylic oxidation sites excluding steroid dienone is 1. The molecule has 4 nitrogen and oxygen atoms in total. The van der Waals surface area contributed by atoms with Crippen LogP contribution in [-0.4, -0.2) is 47.0 Å². The van der Waals surface area contributed by atoms with Gasteiger partial charge in [-0.3, -0.25) is 0 Å². The second-order valence-electron chi connectivity index (χ2n) is 7.92. The fraction of sp³-hybridized carbons (Fsp3) is 0.556. The standard InChI is InChI=1S/C18H19NO3/c1-19-8-17-7-18-12(17)5-4-11(21)16(18)22-15-10(20)3-2-9(14(15)18)6-13(17)19/h2-5,11-13,16,20-21H,6-8H2,1H3/t11-,12?,13?,16-,17?,18?/m0/s1. The van der Waals surface area contributed by atoms with E-state index in [1.165, 1.54) is 11.1 Å². The van der Waals surface area contributed by atoms with E-state index in [0.29, 0.717) is 23.1 Å². The van der Waals surface area contributed by atoms with Crippen LogP contribution in [0.3, 0.4) is 0 Å². The van der Waals surface area contributed by atoms with Crippen molar-refractivity contribution in [3.05, 3.63) is 35.4 Å². The number of aliphatic hydroxyl groups is 1. The van der Waals surface area contributed by atoms with E-state index in [4.69, 9.17) is 4.74 Å². The van der Waals surface area contributed by atoms with Crippen LogP contribution in [0.15, 0.2) is 24.3 Å². The average Bonchev–Trinajstić information content (AvgIpc) is 2.76. The Balaban J connectivity index is 1.68. The zero-order valence-corrected chi connectivity index (χ0v) is 12.5. The summed E-state index contributed by atoms with van der Waals surface area (Å²) in [5.74, 6) is 1.28. The molecule has 1 saturated heterocycles. The molecule has 2 bridgehead atoms. The lowest BCUT2D eigenvalue weighted by molar-refractivity contribution is -0.211. The van der Waals surface area contributed by atoms with Gasteiger partial charge in [-0.05, 0) is 37.4 Å². The summed E-state index contributed by atoms with van der Waals surface area (Å²) >= 11 is 0. The summed E-state index contributed by atoms with van der Waals surface area (Å²) in [7, 11) is 2.21. The van der Waals surface area contributed by atoms with E-state index in [1.807, 2.05) is 6.08 Å². The number of likely N-dealkylation sites (tertiary alicyclic amines) is 1. The van der Waals surface area contributed by atoms with Crippen molar-refractivity contribution in [3.8, 4) is 11.5 Å². The van der Waals surface area contributed by atoms with Crippen LogP contribution < -0.4 is 4.74 Å². The van der Waals surface area contributed by atoms with E-state index in [2.05, 4.69) is 24.1 Å². The molecular weight excluding hydrogens is 278 g/mol. The smallest absolute Gasteiger partial charge is 0.165 e. The number of rotatable bonds is 0. The number of phenolic OH excluding ortho intramolecular Hbond substituents is 1. The van der Waals surface area contributed by atoms with Crippen molar-refractivity contribution in [3.63, 3.8) is 0 Å². The average molecular weight is 297 g/mol. The number of aromatic hydroxyl groups is 1. The van der Waals surface area contributed by atoms with E-state index in [0.717, 1.165) is 19.4 Å². The number of hydrogen-bond acceptors (Lipinski definition) is 4. The first-order valence-electron chi connectivity index (χ1n) is 8.16. The summed E-state index contributed by atoms with van der Waals surface area (Å²) in [4.78, 5) is 2.46. The number of nitrogens with zero attached hydrogens (tertiary/aromatic N) is 1. The van der Waals surface area contributed by atoms with Crippen LogP contribution in [0.1, 0.15) is 17.5 Å². The first-order valence-corrected chi connectivity index (χ1v) is 8.16. The SMILES string of the molecule is CN1CC23CC45c6c(ccc(O)c6O[C@H]4[C@@H](O)C=CC25)CC13. The maximum absolute atomic E-state index is 10.5. The number of likely N-dealkylation sites (N-methyl/N-ethyl adjacent to an activating group) is 1. The molecule has 6 atom stereocenters. The van der Waals surface area contributed by atoms with E-state index in [9.17, 15) is 10.2 Å². The lowest BCUT2D eigenvalue weighted by Crippen LogP contribution is -2.78. The summed E-state index contributed by atoms with van der Waals surface area (Å²) in [5.41, 5.74) is 2.72. The molecule has 0 radical (unpaired) electrons. The number of hydrogen-bond donors (Lipinski definition) is 2. The van der Waals surface area contributed by atoms with E-state index < -0.39 is 6.10 Å². The Kier molecular flexibility index (Phi) is 1.75. The summed E-state index contributed by atoms with van der Waals surface area (Å²) in [6, 6.07) is 4.39. The zero-order valence-electron chi connectivity index (χ0n) is 12.5. The highest BCUT2D eigenvalue weighted by molar-refractivity contribution is 5.63. The molecule has 2 spiro atoms. The number of phenols is 1. The zero-order chi connectivity index (χ0) is 14.9. The Hall–Kier alpha value is -1.52. The van der Waals surface area contributed by atoms with Crippen molar-refractivity contribution < 1.29 is 14.9 Å². The minimum Gasteiger partial charge on any atom is -0.504 e. The molecule has 2 N–H and O–H groups in total. The molecule has 2 fully saturated rings. The van der Waals surface area contributed by atoms with Crippen molar-refractivity contribution in [2.45, 2.75) is 36.5 Å². The minimum atomic E-state index is -0.581. The van der Waals surface area contributed by atoms with Gasteiger partial charge in [0.1, 0.15) is 12.2 Å². The van der Waals surface area contributed by atoms with Gasteiger partial charge in [-0.2, -0.15) is 0 Å². The van der Waals surface area contributed by atoms with Gasteiger partial charge in [0, 0.05) is 29.0 Å². The predicted octanol–water partition coefficient (Wildman–Crippen LogP) is 1.20. The Morgan fingerprint density at radius 3 is 3.00 bits per heavy atom. The van der Waals surface area contributed by atoms with Crippen molar-refractivity contribution in [2.24, 2.45) is 11.3 Å². The number of benzene rings is 1. The van der Waals surface area contributed by atoms with Crippen LogP contribution in [0.5, 0.6) is 11.5 Å². The highest BCUT2D eigenvalue weighted by Gasteiger charge is 2.78. The highest BCUT2D eigenvalue weighted by Crippen LogP contribution is 2.75. The topological polar surface area (TPSA) is 52.9 Å². The first kappa shape index (κ1) is 12.0. The summed E-state index contributed by atoms with van der Waals surface area (Å²) in [6.07, 6.45) is 5.44. The van der Waals surface area contributed by atoms with Gasteiger partial charge >= 0.3 is 0 Å². The van der Waals surface area contributed by atoms with Gasteiger partial charge in [-0.1, -0.05) is 18.2 Å². The van der Waals surface area contributed by atoms with Gasteiger partial charge in [-0.15, -0.1) is 0 Å². The van der Waals surface area contributed by atoms with E-state index in [1.54, 1.807) is 6.07 Å². The highest BCUT2D eigenvalue weighted by atomic mass is 16.5. The van der Waals surface area contributed by atoms with Crippen LogP contribution in [0.4, 0.5) is 0 Å². The summed E-state index contributed by atoms with van der Waals surface area (Å²) < 4.78 is 6.11. The molecule has 114 valence electrons. The molecule has 22 heavy (non-hydrogen) atoms. The third-order valence-corrected chi connectivity index (χ3v) is 7.20. The second-order valence-corrected chi connectivity index (χ2v) is 7.92. The second kappa shape index (κ2) is 3.22. The molecule has 1 aromatic rings. The Morgan fingerprint density at radius 2 is 2.18 bits per heavy atom. The van der Waals surface area contributed by atoms with Gasteiger partial charge < -0.3 is 19.8 Å². The molecule has 7 rings (SSSR count). The third-order valence-electron chi connectivity index (χ3n) is 7.20. The van der Waals surface area contributed by atoms with Gasteiger partial charge in [0.25, 0.3) is 0 Å². The van der Waals surface area contributed by atoms with Gasteiger partial charge in [0.05, 0.1) is 0 Å². The van der Waals surface area contributed by atoms with Crippen LogP contribution in [0.25, 0.3) is 0 Å². The maximum atomic E-state index is 10.5. The van der Waals surface area contributed by atoms with Crippen molar-refractivity contribution in [1.82, 2.24) is 4.90 Å². The van der Waals surface area contributed by atoms with Crippen LogP contribution in [0, 0.1) is 11.3 Å². The molecule has 6 aliphatic rings. The van der Waals surface area contributed by atoms with Crippen molar-refractivity contribution in [2.75, 3.05) is 13.6 Å². The normalized spacial score (nSPS) is 49.4. The van der Waals surface area contributed by atoms with Gasteiger partial charge in [0.15, 0.2) is 11.5 Å². The van der Waals surface area contributed by atoms with Crippen LogP contribution in [-0.2, 0) is 11.8 Å². The molecule has 0 amide bonds. The Bertz CT molecular complexity index is 759. The summed E-state index contributed by atoms with van der Waals surface area (Å²) in [6.45, 7) is 1.13.